The first-order chi connectivity index (χ1) is 27.3. The molecule has 0 aliphatic heterocycles. The SMILES string of the molecule is c1ccc(-n2cnc3ccccc32)c(Nc2cccc3oc4ccc(-c5ccc6oc7c(-n8c9ccccc9c9ccccc98)cccc7c6c5)cc4c23)c1. The van der Waals surface area contributed by atoms with E-state index in [1.165, 1.54) is 10.8 Å². The van der Waals surface area contributed by atoms with Crippen LogP contribution in [0.4, 0.5) is 11.4 Å². The van der Waals surface area contributed by atoms with Crippen LogP contribution < -0.4 is 5.32 Å². The monoisotopic (exact) mass is 706 g/mol. The zero-order chi connectivity index (χ0) is 36.0. The molecule has 12 aromatic rings. The summed E-state index contributed by atoms with van der Waals surface area (Å²) in [5.74, 6) is 0. The van der Waals surface area contributed by atoms with Crippen molar-refractivity contribution in [1.29, 1.82) is 0 Å². The molecule has 0 fully saturated rings. The number of nitrogens with zero attached hydrogens (tertiary/aromatic N) is 3. The number of furan rings is 2. The maximum Gasteiger partial charge on any atom is 0.159 e. The van der Waals surface area contributed by atoms with Crippen LogP contribution in [0.3, 0.4) is 0 Å². The van der Waals surface area contributed by atoms with Gasteiger partial charge in [-0.05, 0) is 90.0 Å². The summed E-state index contributed by atoms with van der Waals surface area (Å²) in [4.78, 5) is 4.65. The molecule has 0 radical (unpaired) electrons. The molecule has 12 rings (SSSR count). The summed E-state index contributed by atoms with van der Waals surface area (Å²) in [6, 6.07) is 59.3. The second-order valence-corrected chi connectivity index (χ2v) is 14.1. The van der Waals surface area contributed by atoms with Crippen molar-refractivity contribution in [1.82, 2.24) is 14.1 Å². The summed E-state index contributed by atoms with van der Waals surface area (Å²) in [5.41, 5.74) is 13.9. The lowest BCUT2D eigenvalue weighted by Crippen LogP contribution is -1.99. The lowest BCUT2D eigenvalue weighted by molar-refractivity contribution is 0.666. The standard InChI is InChI=1S/C49H30N4O2/c1-5-17-40-32(11-1)33-12-2-6-18-41(33)53(40)44-21-9-13-34-35-27-30(23-25-45(35)55-49(34)44)31-24-26-46-36(28-31)48-39(16-10-22-47(48)54-46)51-38-15-4-8-20-43(38)52-29-50-37-14-3-7-19-42(37)52/h1-29,51H. The first kappa shape index (κ1) is 29.9. The van der Waals surface area contributed by atoms with E-state index in [1.807, 2.05) is 36.7 Å². The molecular formula is C49H30N4O2. The molecule has 4 aromatic heterocycles. The number of aromatic nitrogens is 3. The molecule has 0 aliphatic rings. The lowest BCUT2D eigenvalue weighted by Gasteiger charge is -2.14. The van der Waals surface area contributed by atoms with Gasteiger partial charge in [-0.15, -0.1) is 0 Å². The van der Waals surface area contributed by atoms with Crippen molar-refractivity contribution in [2.75, 3.05) is 5.32 Å². The van der Waals surface area contributed by atoms with E-state index in [-0.39, 0.29) is 0 Å². The molecule has 8 aromatic carbocycles. The third-order valence-corrected chi connectivity index (χ3v) is 11.0. The van der Waals surface area contributed by atoms with Gasteiger partial charge in [-0.3, -0.25) is 4.57 Å². The Kier molecular flexibility index (Phi) is 6.24. The minimum Gasteiger partial charge on any atom is -0.456 e. The summed E-state index contributed by atoms with van der Waals surface area (Å²) in [5, 5.41) is 10.5. The fourth-order valence-electron chi connectivity index (χ4n) is 8.52. The minimum atomic E-state index is 0.830. The van der Waals surface area contributed by atoms with Crippen LogP contribution in [0.15, 0.2) is 185 Å². The minimum absolute atomic E-state index is 0.830. The molecule has 0 atom stereocenters. The molecule has 1 N–H and O–H groups in total. The molecule has 6 nitrogen and oxygen atoms in total. The smallest absolute Gasteiger partial charge is 0.159 e. The van der Waals surface area contributed by atoms with Gasteiger partial charge in [0.2, 0.25) is 0 Å². The predicted octanol–water partition coefficient (Wildman–Crippen LogP) is 13.3. The average molecular weight is 707 g/mol. The number of imidazole rings is 1. The van der Waals surface area contributed by atoms with Crippen LogP contribution in [0.1, 0.15) is 0 Å². The van der Waals surface area contributed by atoms with Gasteiger partial charge >= 0.3 is 0 Å². The zero-order valence-electron chi connectivity index (χ0n) is 29.4. The van der Waals surface area contributed by atoms with E-state index in [4.69, 9.17) is 8.83 Å². The summed E-state index contributed by atoms with van der Waals surface area (Å²) in [7, 11) is 0. The molecule has 55 heavy (non-hydrogen) atoms. The highest BCUT2D eigenvalue weighted by molar-refractivity contribution is 6.15. The third kappa shape index (κ3) is 4.46. The number of anilines is 2. The molecule has 0 unspecified atom stereocenters. The molecule has 0 spiro atoms. The second kappa shape index (κ2) is 11.5. The van der Waals surface area contributed by atoms with Crippen LogP contribution in [0.5, 0.6) is 0 Å². The first-order valence-corrected chi connectivity index (χ1v) is 18.4. The Morgan fingerprint density at radius 2 is 1.05 bits per heavy atom. The molecule has 0 saturated heterocycles. The normalized spacial score (nSPS) is 12.0. The number of fused-ring (bicyclic) bond motifs is 10. The van der Waals surface area contributed by atoms with E-state index in [9.17, 15) is 0 Å². The van der Waals surface area contributed by atoms with Gasteiger partial charge < -0.3 is 18.7 Å². The van der Waals surface area contributed by atoms with E-state index >= 15 is 0 Å². The fourth-order valence-corrected chi connectivity index (χ4v) is 8.52. The van der Waals surface area contributed by atoms with Crippen molar-refractivity contribution in [3.8, 4) is 22.5 Å². The van der Waals surface area contributed by atoms with Crippen LogP contribution in [0.2, 0.25) is 0 Å². The van der Waals surface area contributed by atoms with Gasteiger partial charge in [0.25, 0.3) is 0 Å². The molecule has 0 amide bonds. The van der Waals surface area contributed by atoms with Gasteiger partial charge in [-0.1, -0.05) is 91.0 Å². The van der Waals surface area contributed by atoms with Crippen molar-refractivity contribution >= 4 is 88.1 Å². The third-order valence-electron chi connectivity index (χ3n) is 11.0. The highest BCUT2D eigenvalue weighted by atomic mass is 16.3. The van der Waals surface area contributed by atoms with Gasteiger partial charge in [-0.2, -0.15) is 0 Å². The van der Waals surface area contributed by atoms with Crippen molar-refractivity contribution in [3.63, 3.8) is 0 Å². The van der Waals surface area contributed by atoms with Gasteiger partial charge in [0.1, 0.15) is 23.1 Å². The fraction of sp³-hybridized carbons (Fsp3) is 0. The van der Waals surface area contributed by atoms with Crippen LogP contribution in [-0.2, 0) is 0 Å². The number of nitrogens with one attached hydrogen (secondary N) is 1. The van der Waals surface area contributed by atoms with Gasteiger partial charge in [-0.25, -0.2) is 4.98 Å². The number of rotatable bonds is 5. The molecular weight excluding hydrogens is 677 g/mol. The number of hydrogen-bond donors (Lipinski definition) is 1. The van der Waals surface area contributed by atoms with Crippen LogP contribution in [0.25, 0.3) is 99.2 Å². The van der Waals surface area contributed by atoms with Gasteiger partial charge in [0.05, 0.1) is 50.2 Å². The Labute approximate surface area is 314 Å². The van der Waals surface area contributed by atoms with Crippen molar-refractivity contribution < 1.29 is 8.83 Å². The average Bonchev–Trinajstić information content (AvgIpc) is 4.01. The second-order valence-electron chi connectivity index (χ2n) is 14.1. The highest BCUT2D eigenvalue weighted by Gasteiger charge is 2.19. The summed E-state index contributed by atoms with van der Waals surface area (Å²) >= 11 is 0. The Morgan fingerprint density at radius 3 is 1.87 bits per heavy atom. The number of benzene rings is 8. The van der Waals surface area contributed by atoms with Gasteiger partial charge in [0.15, 0.2) is 5.58 Å². The van der Waals surface area contributed by atoms with Crippen LogP contribution >= 0.6 is 0 Å². The van der Waals surface area contributed by atoms with Crippen molar-refractivity contribution in [3.05, 3.63) is 176 Å². The largest absolute Gasteiger partial charge is 0.456 e. The Morgan fingerprint density at radius 1 is 0.436 bits per heavy atom. The first-order valence-electron chi connectivity index (χ1n) is 18.4. The Balaban J connectivity index is 0.981. The molecule has 6 heteroatoms. The molecule has 0 saturated carbocycles. The molecule has 0 bridgehead atoms. The van der Waals surface area contributed by atoms with Crippen molar-refractivity contribution in [2.24, 2.45) is 0 Å². The van der Waals surface area contributed by atoms with E-state index in [0.29, 0.717) is 0 Å². The van der Waals surface area contributed by atoms with E-state index in [1.54, 1.807) is 0 Å². The zero-order valence-corrected chi connectivity index (χ0v) is 29.4. The number of para-hydroxylation sites is 7. The molecule has 0 aliphatic carbocycles. The summed E-state index contributed by atoms with van der Waals surface area (Å²) < 4.78 is 17.6. The van der Waals surface area contributed by atoms with Crippen LogP contribution in [-0.4, -0.2) is 14.1 Å². The highest BCUT2D eigenvalue weighted by Crippen LogP contribution is 2.41. The maximum absolute atomic E-state index is 6.69. The summed E-state index contributed by atoms with van der Waals surface area (Å²) in [6.07, 6.45) is 1.89. The summed E-state index contributed by atoms with van der Waals surface area (Å²) in [6.45, 7) is 0. The Bertz CT molecular complexity index is 3440. The van der Waals surface area contributed by atoms with Gasteiger partial charge in [0, 0.05) is 26.9 Å². The maximum atomic E-state index is 6.69. The van der Waals surface area contributed by atoms with Crippen molar-refractivity contribution in [2.45, 2.75) is 0 Å². The van der Waals surface area contributed by atoms with E-state index in [2.05, 4.69) is 159 Å². The quantitative estimate of drug-likeness (QED) is 0.194. The van der Waals surface area contributed by atoms with Crippen LogP contribution in [0, 0.1) is 0 Å². The molecule has 258 valence electrons. The lowest BCUT2D eigenvalue weighted by atomic mass is 10.00. The topological polar surface area (TPSA) is 61.1 Å². The number of hydrogen-bond acceptors (Lipinski definition) is 4. The van der Waals surface area contributed by atoms with E-state index in [0.717, 1.165) is 99.8 Å². The van der Waals surface area contributed by atoms with E-state index < -0.39 is 0 Å². The molecule has 4 heterocycles. The predicted molar refractivity (Wildman–Crippen MR) is 225 cm³/mol. The Hall–Kier alpha value is -7.57.